The number of hydrogen-bond donors (Lipinski definition) is 3. The molecule has 1 aliphatic rings. The topological polar surface area (TPSA) is 107 Å². The van der Waals surface area contributed by atoms with Crippen LogP contribution in [0.15, 0.2) is 87.1 Å². The normalized spacial score (nSPS) is 15.1. The standard InChI is InChI=1S/C32H34N4O3S/c1-6-22-10-7-9-20(4)30(22)36-31(38)28-21(5)34-32(25(17-33)29(28)26-11-8-16-39-26)40-18-27(37)35-24-14-12-23(13-15-24)19(2)3/h7-16,19,29,34H,6,18H2,1-5H3,(H,35,37)(H,36,38)/t29-/m0/s1. The molecule has 1 atom stereocenters. The molecule has 4 rings (SSSR count). The van der Waals surface area contributed by atoms with Crippen LogP contribution in [0.3, 0.4) is 0 Å². The second-order valence-corrected chi connectivity index (χ2v) is 11.0. The zero-order valence-electron chi connectivity index (χ0n) is 23.4. The molecule has 2 heterocycles. The molecule has 1 aliphatic heterocycles. The molecular weight excluding hydrogens is 520 g/mol. The highest BCUT2D eigenvalue weighted by Gasteiger charge is 2.36. The summed E-state index contributed by atoms with van der Waals surface area (Å²) in [5.74, 6) is -0.248. The minimum Gasteiger partial charge on any atom is -0.468 e. The van der Waals surface area contributed by atoms with Gasteiger partial charge in [0.2, 0.25) is 5.91 Å². The maximum absolute atomic E-state index is 13.8. The maximum Gasteiger partial charge on any atom is 0.254 e. The van der Waals surface area contributed by atoms with Crippen molar-refractivity contribution in [1.29, 1.82) is 5.26 Å². The first-order chi connectivity index (χ1) is 19.2. The minimum absolute atomic E-state index is 0.0855. The number of dihydropyridines is 1. The first-order valence-electron chi connectivity index (χ1n) is 13.3. The molecule has 206 valence electrons. The number of hydrogen-bond acceptors (Lipinski definition) is 6. The van der Waals surface area contributed by atoms with Crippen LogP contribution in [0.1, 0.15) is 62.0 Å². The first-order valence-corrected chi connectivity index (χ1v) is 14.3. The fraction of sp³-hybridized carbons (Fsp3) is 0.281. The molecule has 2 amide bonds. The number of benzene rings is 2. The average Bonchev–Trinajstić information content (AvgIpc) is 3.47. The van der Waals surface area contributed by atoms with Crippen molar-refractivity contribution in [2.45, 2.75) is 52.9 Å². The number of allylic oxidation sites excluding steroid dienone is 2. The number of thioether (sulfide) groups is 1. The van der Waals surface area contributed by atoms with E-state index in [0.29, 0.717) is 39.2 Å². The summed E-state index contributed by atoms with van der Waals surface area (Å²) in [4.78, 5) is 26.5. The number of para-hydroxylation sites is 1. The van der Waals surface area contributed by atoms with Crippen LogP contribution in [0.5, 0.6) is 0 Å². The van der Waals surface area contributed by atoms with E-state index < -0.39 is 5.92 Å². The third-order valence-electron chi connectivity index (χ3n) is 6.91. The molecule has 0 bridgehead atoms. The second-order valence-electron chi connectivity index (χ2n) is 10.00. The van der Waals surface area contributed by atoms with Crippen molar-refractivity contribution in [1.82, 2.24) is 5.32 Å². The van der Waals surface area contributed by atoms with Crippen LogP contribution in [0.25, 0.3) is 0 Å². The summed E-state index contributed by atoms with van der Waals surface area (Å²) in [6, 6.07) is 19.5. The van der Waals surface area contributed by atoms with E-state index in [4.69, 9.17) is 4.42 Å². The number of carbonyl (C=O) groups is 2. The molecule has 0 fully saturated rings. The van der Waals surface area contributed by atoms with E-state index >= 15 is 0 Å². The van der Waals surface area contributed by atoms with Crippen LogP contribution in [-0.2, 0) is 16.0 Å². The van der Waals surface area contributed by atoms with Crippen molar-refractivity contribution in [3.8, 4) is 6.07 Å². The Balaban J connectivity index is 1.57. The van der Waals surface area contributed by atoms with Gasteiger partial charge in [0.15, 0.2) is 0 Å². The van der Waals surface area contributed by atoms with Gasteiger partial charge in [0.05, 0.1) is 40.2 Å². The Kier molecular flexibility index (Phi) is 9.18. The third kappa shape index (κ3) is 6.32. The molecule has 0 aliphatic carbocycles. The van der Waals surface area contributed by atoms with Gasteiger partial charge in [-0.05, 0) is 67.1 Å². The number of nitriles is 1. The summed E-state index contributed by atoms with van der Waals surface area (Å²) in [6.07, 6.45) is 2.29. The van der Waals surface area contributed by atoms with Crippen molar-refractivity contribution < 1.29 is 14.0 Å². The molecule has 0 saturated carbocycles. The van der Waals surface area contributed by atoms with Crippen molar-refractivity contribution >= 4 is 35.0 Å². The molecule has 0 unspecified atom stereocenters. The van der Waals surface area contributed by atoms with Gasteiger partial charge in [-0.2, -0.15) is 5.26 Å². The molecule has 7 nitrogen and oxygen atoms in total. The van der Waals surface area contributed by atoms with Crippen LogP contribution in [0.2, 0.25) is 0 Å². The van der Waals surface area contributed by atoms with Crippen LogP contribution in [0.4, 0.5) is 11.4 Å². The van der Waals surface area contributed by atoms with E-state index in [0.717, 1.165) is 23.2 Å². The lowest BCUT2D eigenvalue weighted by molar-refractivity contribution is -0.114. The van der Waals surface area contributed by atoms with Crippen molar-refractivity contribution in [3.63, 3.8) is 0 Å². The number of furan rings is 1. The van der Waals surface area contributed by atoms with E-state index in [1.165, 1.54) is 23.6 Å². The molecule has 3 aromatic rings. The van der Waals surface area contributed by atoms with Crippen LogP contribution in [0, 0.1) is 18.3 Å². The zero-order valence-corrected chi connectivity index (χ0v) is 24.2. The van der Waals surface area contributed by atoms with Gasteiger partial charge in [0.25, 0.3) is 5.91 Å². The minimum atomic E-state index is -0.718. The maximum atomic E-state index is 13.8. The number of carbonyl (C=O) groups excluding carboxylic acids is 2. The van der Waals surface area contributed by atoms with E-state index in [-0.39, 0.29) is 17.6 Å². The Morgan fingerprint density at radius 3 is 2.45 bits per heavy atom. The van der Waals surface area contributed by atoms with E-state index in [2.05, 4.69) is 35.9 Å². The lowest BCUT2D eigenvalue weighted by Gasteiger charge is -2.28. The summed E-state index contributed by atoms with van der Waals surface area (Å²) < 4.78 is 5.72. The quantitative estimate of drug-likeness (QED) is 0.263. The largest absolute Gasteiger partial charge is 0.468 e. The van der Waals surface area contributed by atoms with Gasteiger partial charge < -0.3 is 20.4 Å². The lowest BCUT2D eigenvalue weighted by Crippen LogP contribution is -2.31. The highest BCUT2D eigenvalue weighted by molar-refractivity contribution is 8.03. The molecule has 1 aromatic heterocycles. The predicted octanol–water partition coefficient (Wildman–Crippen LogP) is 6.98. The van der Waals surface area contributed by atoms with Gasteiger partial charge in [-0.3, -0.25) is 9.59 Å². The fourth-order valence-electron chi connectivity index (χ4n) is 4.74. The summed E-state index contributed by atoms with van der Waals surface area (Å²) in [6.45, 7) is 10.0. The SMILES string of the molecule is CCc1cccc(C)c1NC(=O)C1=C(C)NC(SCC(=O)Nc2ccc(C(C)C)cc2)=C(C#N)[C@H]1c1ccco1. The van der Waals surface area contributed by atoms with Crippen LogP contribution >= 0.6 is 11.8 Å². The number of nitrogens with one attached hydrogen (secondary N) is 3. The first kappa shape index (κ1) is 28.8. The Morgan fingerprint density at radius 2 is 1.82 bits per heavy atom. The third-order valence-corrected chi connectivity index (χ3v) is 7.92. The molecule has 40 heavy (non-hydrogen) atoms. The van der Waals surface area contributed by atoms with Crippen molar-refractivity contribution in [3.05, 3.63) is 105 Å². The number of aryl methyl sites for hydroxylation is 2. The lowest BCUT2D eigenvalue weighted by atomic mass is 9.85. The van der Waals surface area contributed by atoms with Gasteiger partial charge in [0, 0.05) is 17.1 Å². The highest BCUT2D eigenvalue weighted by atomic mass is 32.2. The number of rotatable bonds is 9. The molecule has 0 radical (unpaired) electrons. The zero-order chi connectivity index (χ0) is 28.8. The number of anilines is 2. The Morgan fingerprint density at radius 1 is 1.07 bits per heavy atom. The monoisotopic (exact) mass is 554 g/mol. The van der Waals surface area contributed by atoms with Crippen molar-refractivity contribution in [2.24, 2.45) is 0 Å². The van der Waals surface area contributed by atoms with Crippen LogP contribution < -0.4 is 16.0 Å². The van der Waals surface area contributed by atoms with E-state index in [9.17, 15) is 14.9 Å². The second kappa shape index (κ2) is 12.8. The Bertz CT molecular complexity index is 1500. The Labute approximate surface area is 239 Å². The summed E-state index contributed by atoms with van der Waals surface area (Å²) in [5, 5.41) is 20.0. The van der Waals surface area contributed by atoms with Crippen LogP contribution in [-0.4, -0.2) is 17.6 Å². The van der Waals surface area contributed by atoms with E-state index in [1.54, 1.807) is 19.1 Å². The molecule has 8 heteroatoms. The highest BCUT2D eigenvalue weighted by Crippen LogP contribution is 2.41. The molecular formula is C32H34N4O3S. The summed E-state index contributed by atoms with van der Waals surface area (Å²) >= 11 is 1.22. The van der Waals surface area contributed by atoms with Crippen molar-refractivity contribution in [2.75, 3.05) is 16.4 Å². The van der Waals surface area contributed by atoms with Gasteiger partial charge >= 0.3 is 0 Å². The fourth-order valence-corrected chi connectivity index (χ4v) is 5.63. The summed E-state index contributed by atoms with van der Waals surface area (Å²) in [5.41, 5.74) is 5.99. The summed E-state index contributed by atoms with van der Waals surface area (Å²) in [7, 11) is 0. The van der Waals surface area contributed by atoms with Gasteiger partial charge in [-0.25, -0.2) is 0 Å². The Hall–Kier alpha value is -4.22. The molecule has 0 saturated heterocycles. The molecule has 0 spiro atoms. The molecule has 2 aromatic carbocycles. The van der Waals surface area contributed by atoms with Gasteiger partial charge in [-0.15, -0.1) is 0 Å². The number of nitrogens with zero attached hydrogens (tertiary/aromatic N) is 1. The van der Waals surface area contributed by atoms with E-state index in [1.807, 2.05) is 56.3 Å². The van der Waals surface area contributed by atoms with Gasteiger partial charge in [-0.1, -0.05) is 62.9 Å². The average molecular weight is 555 g/mol. The smallest absolute Gasteiger partial charge is 0.254 e. The molecule has 3 N–H and O–H groups in total. The predicted molar refractivity (Wildman–Crippen MR) is 161 cm³/mol. The van der Waals surface area contributed by atoms with Gasteiger partial charge in [0.1, 0.15) is 5.76 Å². The number of amides is 2.